The molecule has 3 nitrogen and oxygen atoms in total. The zero-order valence-corrected chi connectivity index (χ0v) is 10.2. The molecule has 0 spiro atoms. The molecule has 0 unspecified atom stereocenters. The maximum absolute atomic E-state index is 3.98. The van der Waals surface area contributed by atoms with Crippen LogP contribution in [-0.2, 0) is 19.5 Å². The molecular formula is C10H13N3S2. The summed E-state index contributed by atoms with van der Waals surface area (Å²) in [5.41, 5.74) is 1.02. The van der Waals surface area contributed by atoms with Crippen molar-refractivity contribution in [3.8, 4) is 0 Å². The summed E-state index contributed by atoms with van der Waals surface area (Å²) in [5.74, 6) is 0. The van der Waals surface area contributed by atoms with Crippen LogP contribution in [0.4, 0.5) is 0 Å². The summed E-state index contributed by atoms with van der Waals surface area (Å²) >= 11 is 3.27. The van der Waals surface area contributed by atoms with Crippen molar-refractivity contribution < 1.29 is 0 Å². The molecule has 0 amide bonds. The molecule has 0 saturated heterocycles. The fourth-order valence-electron chi connectivity index (χ4n) is 1.28. The summed E-state index contributed by atoms with van der Waals surface area (Å²) in [6, 6.07) is 4.39. The Labute approximate surface area is 97.3 Å². The van der Waals surface area contributed by atoms with E-state index in [0.717, 1.165) is 25.2 Å². The van der Waals surface area contributed by atoms with Crippen LogP contribution < -0.4 is 5.32 Å². The lowest BCUT2D eigenvalue weighted by Gasteiger charge is -1.98. The van der Waals surface area contributed by atoms with E-state index in [4.69, 9.17) is 0 Å². The minimum Gasteiger partial charge on any atom is -0.306 e. The standard InChI is InChI=1S/C10H13N3S2/c1-2-9-3-4-10(15-9)6-11-5-8-7-14-13-12-8/h3-4,7,11H,2,5-6H2,1H3. The van der Waals surface area contributed by atoms with E-state index in [1.54, 1.807) is 0 Å². The minimum absolute atomic E-state index is 0.801. The summed E-state index contributed by atoms with van der Waals surface area (Å²) in [6.07, 6.45) is 1.13. The summed E-state index contributed by atoms with van der Waals surface area (Å²) in [5, 5.41) is 9.31. The van der Waals surface area contributed by atoms with Gasteiger partial charge >= 0.3 is 0 Å². The maximum atomic E-state index is 3.98. The Kier molecular flexibility index (Phi) is 3.82. The van der Waals surface area contributed by atoms with Crippen LogP contribution >= 0.6 is 22.9 Å². The van der Waals surface area contributed by atoms with Crippen LogP contribution in [0.3, 0.4) is 0 Å². The Morgan fingerprint density at radius 2 is 2.13 bits per heavy atom. The van der Waals surface area contributed by atoms with Gasteiger partial charge in [-0.15, -0.1) is 16.4 Å². The molecule has 0 saturated carbocycles. The van der Waals surface area contributed by atoms with Crippen molar-refractivity contribution in [2.75, 3.05) is 0 Å². The average molecular weight is 239 g/mol. The van der Waals surface area contributed by atoms with Crippen molar-refractivity contribution in [1.82, 2.24) is 14.9 Å². The fourth-order valence-corrected chi connectivity index (χ4v) is 2.66. The molecule has 2 rings (SSSR count). The Bertz CT molecular complexity index is 394. The molecule has 1 N–H and O–H groups in total. The Morgan fingerprint density at radius 1 is 1.27 bits per heavy atom. The SMILES string of the molecule is CCc1ccc(CNCc2csnn2)s1. The van der Waals surface area contributed by atoms with Crippen molar-refractivity contribution in [3.63, 3.8) is 0 Å². The third-order valence-electron chi connectivity index (χ3n) is 2.08. The molecule has 0 aliphatic heterocycles. The molecule has 0 aliphatic carbocycles. The van der Waals surface area contributed by atoms with E-state index in [2.05, 4.69) is 34.0 Å². The predicted molar refractivity (Wildman–Crippen MR) is 64.1 cm³/mol. The van der Waals surface area contributed by atoms with Crippen LogP contribution in [0.5, 0.6) is 0 Å². The van der Waals surface area contributed by atoms with Crippen LogP contribution in [0.1, 0.15) is 22.4 Å². The summed E-state index contributed by atoms with van der Waals surface area (Å²) < 4.78 is 3.82. The molecule has 0 radical (unpaired) electrons. The molecule has 0 fully saturated rings. The van der Waals surface area contributed by atoms with E-state index in [-0.39, 0.29) is 0 Å². The van der Waals surface area contributed by atoms with E-state index in [1.165, 1.54) is 21.3 Å². The van der Waals surface area contributed by atoms with Crippen molar-refractivity contribution in [2.45, 2.75) is 26.4 Å². The van der Waals surface area contributed by atoms with Gasteiger partial charge in [0.15, 0.2) is 0 Å². The van der Waals surface area contributed by atoms with Crippen LogP contribution in [0.15, 0.2) is 17.5 Å². The number of hydrogen-bond acceptors (Lipinski definition) is 5. The second kappa shape index (κ2) is 5.34. The molecule has 2 aromatic rings. The van der Waals surface area contributed by atoms with Crippen LogP contribution in [0.25, 0.3) is 0 Å². The van der Waals surface area contributed by atoms with Gasteiger partial charge in [-0.25, -0.2) is 0 Å². The highest BCUT2D eigenvalue weighted by atomic mass is 32.1. The van der Waals surface area contributed by atoms with Gasteiger partial charge in [0.05, 0.1) is 5.69 Å². The lowest BCUT2D eigenvalue weighted by atomic mass is 10.3. The highest BCUT2D eigenvalue weighted by Gasteiger charge is 1.99. The molecule has 2 heterocycles. The van der Waals surface area contributed by atoms with Crippen molar-refractivity contribution in [1.29, 1.82) is 0 Å². The molecule has 2 aromatic heterocycles. The zero-order valence-electron chi connectivity index (χ0n) is 8.56. The smallest absolute Gasteiger partial charge is 0.0893 e. The molecule has 15 heavy (non-hydrogen) atoms. The normalized spacial score (nSPS) is 10.7. The number of aryl methyl sites for hydroxylation is 1. The average Bonchev–Trinajstić information content (AvgIpc) is 2.88. The van der Waals surface area contributed by atoms with Gasteiger partial charge in [0.1, 0.15) is 0 Å². The maximum Gasteiger partial charge on any atom is 0.0893 e. The van der Waals surface area contributed by atoms with Crippen LogP contribution in [0.2, 0.25) is 0 Å². The largest absolute Gasteiger partial charge is 0.306 e. The number of nitrogens with zero attached hydrogens (tertiary/aromatic N) is 2. The summed E-state index contributed by atoms with van der Waals surface area (Å²) in [4.78, 5) is 2.83. The Balaban J connectivity index is 1.78. The molecule has 0 atom stereocenters. The van der Waals surface area contributed by atoms with E-state index in [1.807, 2.05) is 16.7 Å². The van der Waals surface area contributed by atoms with E-state index < -0.39 is 0 Å². The second-order valence-electron chi connectivity index (χ2n) is 3.22. The molecule has 80 valence electrons. The van der Waals surface area contributed by atoms with E-state index in [9.17, 15) is 0 Å². The van der Waals surface area contributed by atoms with Gasteiger partial charge in [0.2, 0.25) is 0 Å². The Hall–Kier alpha value is -0.780. The zero-order chi connectivity index (χ0) is 10.5. The highest BCUT2D eigenvalue weighted by molar-refractivity contribution is 7.11. The number of rotatable bonds is 5. The summed E-state index contributed by atoms with van der Waals surface area (Å²) in [6.45, 7) is 3.90. The van der Waals surface area contributed by atoms with Crippen LogP contribution in [-0.4, -0.2) is 9.59 Å². The fraction of sp³-hybridized carbons (Fsp3) is 0.400. The lowest BCUT2D eigenvalue weighted by molar-refractivity contribution is 0.684. The summed E-state index contributed by atoms with van der Waals surface area (Å²) in [7, 11) is 0. The number of nitrogens with one attached hydrogen (secondary N) is 1. The monoisotopic (exact) mass is 239 g/mol. The molecule has 0 bridgehead atoms. The van der Waals surface area contributed by atoms with Gasteiger partial charge in [-0.3, -0.25) is 0 Å². The predicted octanol–water partition coefficient (Wildman–Crippen LogP) is 2.45. The molecule has 0 aliphatic rings. The van der Waals surface area contributed by atoms with E-state index >= 15 is 0 Å². The second-order valence-corrected chi connectivity index (χ2v) is 5.08. The Morgan fingerprint density at radius 3 is 2.80 bits per heavy atom. The van der Waals surface area contributed by atoms with Gasteiger partial charge in [-0.05, 0) is 30.1 Å². The van der Waals surface area contributed by atoms with Gasteiger partial charge in [0.25, 0.3) is 0 Å². The first-order valence-corrected chi connectivity index (χ1v) is 6.58. The minimum atomic E-state index is 0.801. The number of aromatic nitrogens is 2. The number of thiophene rings is 1. The third kappa shape index (κ3) is 3.09. The van der Waals surface area contributed by atoms with Gasteiger partial charge in [0, 0.05) is 28.2 Å². The third-order valence-corrected chi connectivity index (χ3v) is 3.86. The highest BCUT2D eigenvalue weighted by Crippen LogP contribution is 2.16. The molecule has 0 aromatic carbocycles. The van der Waals surface area contributed by atoms with Gasteiger partial charge in [-0.1, -0.05) is 11.4 Å². The topological polar surface area (TPSA) is 37.8 Å². The van der Waals surface area contributed by atoms with E-state index in [0.29, 0.717) is 0 Å². The quantitative estimate of drug-likeness (QED) is 0.871. The first-order valence-electron chi connectivity index (χ1n) is 4.92. The van der Waals surface area contributed by atoms with Crippen LogP contribution in [0, 0.1) is 0 Å². The van der Waals surface area contributed by atoms with Crippen molar-refractivity contribution in [2.24, 2.45) is 0 Å². The van der Waals surface area contributed by atoms with Gasteiger partial charge < -0.3 is 5.32 Å². The first-order chi connectivity index (χ1) is 7.38. The lowest BCUT2D eigenvalue weighted by Crippen LogP contribution is -2.11. The van der Waals surface area contributed by atoms with Gasteiger partial charge in [-0.2, -0.15) is 0 Å². The molecular weight excluding hydrogens is 226 g/mol. The van der Waals surface area contributed by atoms with Crippen molar-refractivity contribution in [3.05, 3.63) is 33.0 Å². The molecule has 5 heteroatoms. The number of hydrogen-bond donors (Lipinski definition) is 1. The van der Waals surface area contributed by atoms with Crippen molar-refractivity contribution >= 4 is 22.9 Å². The first kappa shape index (κ1) is 10.7.